The van der Waals surface area contributed by atoms with E-state index in [2.05, 4.69) is 11.2 Å². The van der Waals surface area contributed by atoms with E-state index in [-0.39, 0.29) is 5.84 Å². The lowest BCUT2D eigenvalue weighted by Gasteiger charge is -2.08. The number of amidine groups is 1. The highest BCUT2D eigenvalue weighted by Gasteiger charge is 2.06. The quantitative estimate of drug-likeness (QED) is 0.385. The van der Waals surface area contributed by atoms with Crippen molar-refractivity contribution in [1.82, 2.24) is 0 Å². The highest BCUT2D eigenvalue weighted by atomic mass is 35.5. The van der Waals surface area contributed by atoms with Gasteiger partial charge in [-0.05, 0) is 29.6 Å². The summed E-state index contributed by atoms with van der Waals surface area (Å²) in [6, 6.07) is 9.10. The summed E-state index contributed by atoms with van der Waals surface area (Å²) >= 11 is 7.78. The minimum absolute atomic E-state index is 0.0204. The van der Waals surface area contributed by atoms with Gasteiger partial charge < -0.3 is 15.7 Å². The molecule has 0 spiro atoms. The van der Waals surface area contributed by atoms with Gasteiger partial charge in [0.1, 0.15) is 5.75 Å². The highest BCUT2D eigenvalue weighted by molar-refractivity contribution is 7.09. The van der Waals surface area contributed by atoms with Crippen LogP contribution in [0.15, 0.2) is 40.9 Å². The smallest absolute Gasteiger partial charge is 0.170 e. The van der Waals surface area contributed by atoms with E-state index in [1.54, 1.807) is 29.5 Å². The minimum Gasteiger partial charge on any atom is -0.492 e. The Kier molecular flexibility index (Phi) is 4.65. The Morgan fingerprint density at radius 2 is 2.26 bits per heavy atom. The Hall–Kier alpha value is -1.72. The van der Waals surface area contributed by atoms with Crippen LogP contribution >= 0.6 is 22.9 Å². The molecular formula is C13H13ClN2O2S. The summed E-state index contributed by atoms with van der Waals surface area (Å²) in [4.78, 5) is 1.27. The normalized spacial score (nSPS) is 11.5. The molecule has 1 heterocycles. The van der Waals surface area contributed by atoms with Crippen molar-refractivity contribution in [3.8, 4) is 5.75 Å². The third-order valence-electron chi connectivity index (χ3n) is 2.52. The van der Waals surface area contributed by atoms with Crippen molar-refractivity contribution in [3.05, 3.63) is 51.2 Å². The highest BCUT2D eigenvalue weighted by Crippen LogP contribution is 2.25. The van der Waals surface area contributed by atoms with E-state index in [1.807, 2.05) is 11.4 Å². The van der Waals surface area contributed by atoms with Crippen molar-refractivity contribution in [2.45, 2.75) is 6.42 Å². The standard InChI is InChI=1S/C13H13ClN2O2S/c14-11-8-9(13(15)16-17)3-4-12(11)18-6-5-10-2-1-7-19-10/h1-4,7-8,17H,5-6H2,(H2,15,16). The lowest BCUT2D eigenvalue weighted by molar-refractivity contribution is 0.318. The van der Waals surface area contributed by atoms with Crippen molar-refractivity contribution < 1.29 is 9.94 Å². The molecule has 2 aromatic rings. The fourth-order valence-electron chi connectivity index (χ4n) is 1.55. The maximum atomic E-state index is 8.59. The zero-order valence-corrected chi connectivity index (χ0v) is 11.6. The van der Waals surface area contributed by atoms with Gasteiger partial charge in [-0.2, -0.15) is 0 Å². The molecule has 1 aromatic carbocycles. The van der Waals surface area contributed by atoms with Crippen molar-refractivity contribution in [2.24, 2.45) is 10.9 Å². The van der Waals surface area contributed by atoms with Crippen LogP contribution in [0.1, 0.15) is 10.4 Å². The average Bonchev–Trinajstić information content (AvgIpc) is 2.93. The summed E-state index contributed by atoms with van der Waals surface area (Å²) in [7, 11) is 0. The fraction of sp³-hybridized carbons (Fsp3) is 0.154. The molecule has 2 rings (SSSR count). The van der Waals surface area contributed by atoms with Crippen LogP contribution in [-0.4, -0.2) is 17.6 Å². The monoisotopic (exact) mass is 296 g/mol. The molecule has 0 aliphatic heterocycles. The third kappa shape index (κ3) is 3.62. The van der Waals surface area contributed by atoms with Crippen molar-refractivity contribution >= 4 is 28.8 Å². The van der Waals surface area contributed by atoms with E-state index in [9.17, 15) is 0 Å². The molecule has 0 radical (unpaired) electrons. The summed E-state index contributed by atoms with van der Waals surface area (Å²) in [6.07, 6.45) is 0.843. The molecule has 0 amide bonds. The van der Waals surface area contributed by atoms with Crippen LogP contribution in [0.25, 0.3) is 0 Å². The summed E-state index contributed by atoms with van der Waals surface area (Å²) < 4.78 is 5.61. The molecule has 0 saturated carbocycles. The second-order valence-electron chi connectivity index (χ2n) is 3.81. The topological polar surface area (TPSA) is 67.8 Å². The molecule has 0 aliphatic rings. The van der Waals surface area contributed by atoms with Gasteiger partial charge >= 0.3 is 0 Å². The van der Waals surface area contributed by atoms with E-state index >= 15 is 0 Å². The molecule has 0 unspecified atom stereocenters. The zero-order chi connectivity index (χ0) is 13.7. The van der Waals surface area contributed by atoms with E-state index < -0.39 is 0 Å². The van der Waals surface area contributed by atoms with Crippen molar-refractivity contribution in [3.63, 3.8) is 0 Å². The maximum Gasteiger partial charge on any atom is 0.170 e. The van der Waals surface area contributed by atoms with Crippen LogP contribution in [-0.2, 0) is 6.42 Å². The van der Waals surface area contributed by atoms with Crippen LogP contribution in [0.5, 0.6) is 5.75 Å². The number of ether oxygens (including phenoxy) is 1. The molecule has 6 heteroatoms. The van der Waals surface area contributed by atoms with Crippen LogP contribution in [0.2, 0.25) is 5.02 Å². The first-order chi connectivity index (χ1) is 9.20. The van der Waals surface area contributed by atoms with Gasteiger partial charge in [0, 0.05) is 16.9 Å². The summed E-state index contributed by atoms with van der Waals surface area (Å²) in [5.41, 5.74) is 6.03. The maximum absolute atomic E-state index is 8.59. The van der Waals surface area contributed by atoms with E-state index in [0.717, 1.165) is 6.42 Å². The van der Waals surface area contributed by atoms with E-state index in [4.69, 9.17) is 27.3 Å². The van der Waals surface area contributed by atoms with Crippen molar-refractivity contribution in [2.75, 3.05) is 6.61 Å². The van der Waals surface area contributed by atoms with Gasteiger partial charge in [-0.15, -0.1) is 11.3 Å². The van der Waals surface area contributed by atoms with Gasteiger partial charge in [0.25, 0.3) is 0 Å². The van der Waals surface area contributed by atoms with Crippen LogP contribution in [0, 0.1) is 0 Å². The first-order valence-electron chi connectivity index (χ1n) is 5.63. The SMILES string of the molecule is N/C(=N/O)c1ccc(OCCc2cccs2)c(Cl)c1. The lowest BCUT2D eigenvalue weighted by Crippen LogP contribution is -2.13. The number of halogens is 1. The van der Waals surface area contributed by atoms with Gasteiger partial charge in [-0.1, -0.05) is 22.8 Å². The van der Waals surface area contributed by atoms with Gasteiger partial charge in [0.15, 0.2) is 5.84 Å². The summed E-state index contributed by atoms with van der Waals surface area (Å²) in [5, 5.41) is 14.0. The molecule has 0 atom stereocenters. The van der Waals surface area contributed by atoms with Gasteiger partial charge in [-0.25, -0.2) is 0 Å². The minimum atomic E-state index is 0.0204. The average molecular weight is 297 g/mol. The van der Waals surface area contributed by atoms with Crippen LogP contribution < -0.4 is 10.5 Å². The zero-order valence-electron chi connectivity index (χ0n) is 10.0. The number of oxime groups is 1. The molecule has 0 bridgehead atoms. The van der Waals surface area contributed by atoms with E-state index in [1.165, 1.54) is 4.88 Å². The summed E-state index contributed by atoms with van der Waals surface area (Å²) in [6.45, 7) is 0.559. The molecule has 0 saturated heterocycles. The second kappa shape index (κ2) is 6.45. The Balaban J connectivity index is 1.97. The van der Waals surface area contributed by atoms with Gasteiger partial charge in [-0.3, -0.25) is 0 Å². The molecule has 1 aromatic heterocycles. The number of thiophene rings is 1. The Morgan fingerprint density at radius 1 is 1.42 bits per heavy atom. The Bertz CT molecular complexity index is 570. The molecular weight excluding hydrogens is 284 g/mol. The van der Waals surface area contributed by atoms with Gasteiger partial charge in [0.05, 0.1) is 11.6 Å². The first-order valence-corrected chi connectivity index (χ1v) is 6.89. The largest absolute Gasteiger partial charge is 0.492 e. The predicted molar refractivity (Wildman–Crippen MR) is 77.5 cm³/mol. The number of nitrogens with two attached hydrogens (primary N) is 1. The second-order valence-corrected chi connectivity index (χ2v) is 5.25. The van der Waals surface area contributed by atoms with E-state index in [0.29, 0.717) is 22.9 Å². The van der Waals surface area contributed by atoms with Gasteiger partial charge in [0.2, 0.25) is 0 Å². The number of nitrogens with zero attached hydrogens (tertiary/aromatic N) is 1. The molecule has 0 fully saturated rings. The van der Waals surface area contributed by atoms with Crippen LogP contribution in [0.4, 0.5) is 0 Å². The number of hydrogen-bond acceptors (Lipinski definition) is 4. The number of hydrogen-bond donors (Lipinski definition) is 2. The molecule has 4 nitrogen and oxygen atoms in total. The molecule has 3 N–H and O–H groups in total. The Labute approximate surface area is 120 Å². The van der Waals surface area contributed by atoms with Crippen molar-refractivity contribution in [1.29, 1.82) is 0 Å². The Morgan fingerprint density at radius 3 is 2.89 bits per heavy atom. The first kappa shape index (κ1) is 13.7. The molecule has 0 aliphatic carbocycles. The summed E-state index contributed by atoms with van der Waals surface area (Å²) in [5.74, 6) is 0.611. The third-order valence-corrected chi connectivity index (χ3v) is 3.75. The lowest BCUT2D eigenvalue weighted by atomic mass is 10.2. The fourth-order valence-corrected chi connectivity index (χ4v) is 2.48. The number of rotatable bonds is 5. The molecule has 19 heavy (non-hydrogen) atoms. The molecule has 100 valence electrons. The number of benzene rings is 1. The van der Waals surface area contributed by atoms with Crippen LogP contribution in [0.3, 0.4) is 0 Å². The predicted octanol–water partition coefficient (Wildman–Crippen LogP) is 3.12.